The summed E-state index contributed by atoms with van der Waals surface area (Å²) < 4.78 is 70.7. The third kappa shape index (κ3) is 4.93. The zero-order chi connectivity index (χ0) is 21.9. The molecule has 0 saturated heterocycles. The lowest BCUT2D eigenvalue weighted by molar-refractivity contribution is -0.137. The number of amides is 1. The standard InChI is InChI=1S/C20H15F5N2O2S/c21-13-7-8-15(18(22)17(13)19(26)28)29-9-1-2-16-27-14(10-30-16)11-3-5-12(6-4-11)20(23,24)25/h3-8,10H,1-2,9H2,(H2,26,28). The zero-order valence-electron chi connectivity index (χ0n) is 15.3. The molecule has 1 aromatic heterocycles. The summed E-state index contributed by atoms with van der Waals surface area (Å²) in [6.45, 7) is 0.0793. The number of aromatic nitrogens is 1. The summed E-state index contributed by atoms with van der Waals surface area (Å²) in [5.74, 6) is -3.73. The van der Waals surface area contributed by atoms with E-state index < -0.39 is 34.8 Å². The van der Waals surface area contributed by atoms with Gasteiger partial charge in [-0.1, -0.05) is 12.1 Å². The van der Waals surface area contributed by atoms with Crippen molar-refractivity contribution in [2.45, 2.75) is 19.0 Å². The minimum atomic E-state index is -4.39. The quantitative estimate of drug-likeness (QED) is 0.403. The van der Waals surface area contributed by atoms with Crippen LogP contribution in [0, 0.1) is 11.6 Å². The number of halogens is 5. The van der Waals surface area contributed by atoms with Gasteiger partial charge in [0.15, 0.2) is 11.6 Å². The molecular formula is C20H15F5N2O2S. The Morgan fingerprint density at radius 2 is 1.80 bits per heavy atom. The molecule has 3 rings (SSSR count). The van der Waals surface area contributed by atoms with Crippen molar-refractivity contribution in [2.75, 3.05) is 6.61 Å². The van der Waals surface area contributed by atoms with Crippen molar-refractivity contribution in [1.82, 2.24) is 4.98 Å². The third-order valence-corrected chi connectivity index (χ3v) is 5.06. The first-order valence-corrected chi connectivity index (χ1v) is 9.57. The number of nitrogens with zero attached hydrogens (tertiary/aromatic N) is 1. The Morgan fingerprint density at radius 3 is 2.43 bits per heavy atom. The molecule has 0 saturated carbocycles. The third-order valence-electron chi connectivity index (χ3n) is 4.15. The Bertz CT molecular complexity index is 1050. The summed E-state index contributed by atoms with van der Waals surface area (Å²) in [5.41, 5.74) is 4.49. The van der Waals surface area contributed by atoms with Gasteiger partial charge in [0.05, 0.1) is 22.9 Å². The molecule has 0 atom stereocenters. The predicted octanol–water partition coefficient (Wildman–Crippen LogP) is 5.22. The lowest BCUT2D eigenvalue weighted by Crippen LogP contribution is -2.16. The molecule has 0 fully saturated rings. The van der Waals surface area contributed by atoms with Crippen LogP contribution in [-0.2, 0) is 12.6 Å². The van der Waals surface area contributed by atoms with Crippen molar-refractivity contribution in [3.63, 3.8) is 0 Å². The maximum atomic E-state index is 14.1. The van der Waals surface area contributed by atoms with E-state index in [2.05, 4.69) is 4.98 Å². The van der Waals surface area contributed by atoms with Crippen LogP contribution in [0.2, 0.25) is 0 Å². The topological polar surface area (TPSA) is 65.2 Å². The lowest BCUT2D eigenvalue weighted by Gasteiger charge is -2.09. The van der Waals surface area contributed by atoms with E-state index in [0.29, 0.717) is 24.1 Å². The maximum absolute atomic E-state index is 14.1. The Kier molecular flexibility index (Phi) is 6.35. The number of thiazole rings is 1. The number of alkyl halides is 3. The number of rotatable bonds is 7. The minimum absolute atomic E-state index is 0.0793. The van der Waals surface area contributed by atoms with E-state index in [1.54, 1.807) is 5.38 Å². The van der Waals surface area contributed by atoms with E-state index in [9.17, 15) is 26.7 Å². The van der Waals surface area contributed by atoms with Gasteiger partial charge in [0.25, 0.3) is 5.91 Å². The molecule has 3 aromatic rings. The number of benzene rings is 2. The van der Waals surface area contributed by atoms with Crippen molar-refractivity contribution in [2.24, 2.45) is 5.73 Å². The van der Waals surface area contributed by atoms with E-state index in [-0.39, 0.29) is 12.4 Å². The summed E-state index contributed by atoms with van der Waals surface area (Å²) >= 11 is 1.34. The number of nitrogens with two attached hydrogens (primary N) is 1. The molecule has 0 aliphatic carbocycles. The van der Waals surface area contributed by atoms with Crippen LogP contribution in [0.3, 0.4) is 0 Å². The average molecular weight is 442 g/mol. The predicted molar refractivity (Wildman–Crippen MR) is 101 cm³/mol. The number of hydrogen-bond donors (Lipinski definition) is 1. The first kappa shape index (κ1) is 21.7. The number of primary amides is 1. The van der Waals surface area contributed by atoms with Crippen LogP contribution in [-0.4, -0.2) is 17.5 Å². The molecule has 2 aromatic carbocycles. The number of aryl methyl sites for hydroxylation is 1. The maximum Gasteiger partial charge on any atom is 0.416 e. The monoisotopic (exact) mass is 442 g/mol. The largest absolute Gasteiger partial charge is 0.490 e. The molecule has 30 heavy (non-hydrogen) atoms. The molecule has 1 amide bonds. The highest BCUT2D eigenvalue weighted by molar-refractivity contribution is 7.09. The highest BCUT2D eigenvalue weighted by Gasteiger charge is 2.30. The van der Waals surface area contributed by atoms with Gasteiger partial charge in [-0.25, -0.2) is 13.8 Å². The number of hydrogen-bond acceptors (Lipinski definition) is 4. The summed E-state index contributed by atoms with van der Waals surface area (Å²) in [4.78, 5) is 15.5. The second-order valence-corrected chi connectivity index (χ2v) is 7.20. The number of carbonyl (C=O) groups excluding carboxylic acids is 1. The Morgan fingerprint density at radius 1 is 1.10 bits per heavy atom. The molecule has 0 radical (unpaired) electrons. The van der Waals surface area contributed by atoms with Gasteiger partial charge < -0.3 is 10.5 Å². The number of carbonyl (C=O) groups is 1. The van der Waals surface area contributed by atoms with Crippen LogP contribution in [0.4, 0.5) is 22.0 Å². The van der Waals surface area contributed by atoms with Gasteiger partial charge in [-0.3, -0.25) is 4.79 Å². The van der Waals surface area contributed by atoms with Crippen molar-refractivity contribution in [3.8, 4) is 17.0 Å². The first-order chi connectivity index (χ1) is 14.2. The minimum Gasteiger partial charge on any atom is -0.490 e. The molecule has 0 bridgehead atoms. The van der Waals surface area contributed by atoms with Gasteiger partial charge >= 0.3 is 6.18 Å². The molecule has 10 heteroatoms. The van der Waals surface area contributed by atoms with Gasteiger partial charge in [-0.15, -0.1) is 11.3 Å². The highest BCUT2D eigenvalue weighted by Crippen LogP contribution is 2.31. The number of ether oxygens (including phenoxy) is 1. The zero-order valence-corrected chi connectivity index (χ0v) is 16.1. The Labute approximate surface area is 172 Å². The molecule has 0 aliphatic rings. The molecule has 0 unspecified atom stereocenters. The Balaban J connectivity index is 1.57. The molecule has 1 heterocycles. The van der Waals surface area contributed by atoms with Crippen LogP contribution >= 0.6 is 11.3 Å². The van der Waals surface area contributed by atoms with E-state index in [1.807, 2.05) is 0 Å². The summed E-state index contributed by atoms with van der Waals surface area (Å²) in [6, 6.07) is 6.69. The first-order valence-electron chi connectivity index (χ1n) is 8.69. The SMILES string of the molecule is NC(=O)c1c(F)ccc(OCCCc2nc(-c3ccc(C(F)(F)F)cc3)cs2)c1F. The molecular weight excluding hydrogens is 427 g/mol. The molecule has 0 spiro atoms. The van der Waals surface area contributed by atoms with E-state index in [4.69, 9.17) is 10.5 Å². The van der Waals surface area contributed by atoms with Crippen molar-refractivity contribution >= 4 is 17.2 Å². The van der Waals surface area contributed by atoms with E-state index >= 15 is 0 Å². The van der Waals surface area contributed by atoms with Gasteiger partial charge in [-0.05, 0) is 30.7 Å². The Hall–Kier alpha value is -3.01. The van der Waals surface area contributed by atoms with Gasteiger partial charge in [0.1, 0.15) is 11.4 Å². The van der Waals surface area contributed by atoms with Gasteiger partial charge in [-0.2, -0.15) is 13.2 Å². The summed E-state index contributed by atoms with van der Waals surface area (Å²) in [5, 5.41) is 2.46. The highest BCUT2D eigenvalue weighted by atomic mass is 32.1. The van der Waals surface area contributed by atoms with Crippen molar-refractivity contribution < 1.29 is 31.5 Å². The fraction of sp³-hybridized carbons (Fsp3) is 0.200. The summed E-state index contributed by atoms with van der Waals surface area (Å²) in [6.07, 6.45) is -3.46. The second kappa shape index (κ2) is 8.78. The van der Waals surface area contributed by atoms with Crippen molar-refractivity contribution in [3.05, 3.63) is 69.5 Å². The van der Waals surface area contributed by atoms with E-state index in [0.717, 1.165) is 29.3 Å². The van der Waals surface area contributed by atoms with Crippen molar-refractivity contribution in [1.29, 1.82) is 0 Å². The normalized spacial score (nSPS) is 11.5. The molecule has 158 valence electrons. The van der Waals surface area contributed by atoms with Crippen LogP contribution in [0.25, 0.3) is 11.3 Å². The van der Waals surface area contributed by atoms with Crippen LogP contribution in [0.1, 0.15) is 27.3 Å². The fourth-order valence-electron chi connectivity index (χ4n) is 2.66. The van der Waals surface area contributed by atoms with E-state index in [1.165, 1.54) is 23.5 Å². The van der Waals surface area contributed by atoms with Gasteiger partial charge in [0, 0.05) is 17.4 Å². The average Bonchev–Trinajstić information content (AvgIpc) is 3.15. The smallest absolute Gasteiger partial charge is 0.416 e. The molecule has 2 N–H and O–H groups in total. The van der Waals surface area contributed by atoms with Crippen LogP contribution in [0.5, 0.6) is 5.75 Å². The lowest BCUT2D eigenvalue weighted by atomic mass is 10.1. The molecule has 0 aliphatic heterocycles. The summed E-state index contributed by atoms with van der Waals surface area (Å²) in [7, 11) is 0. The molecule has 4 nitrogen and oxygen atoms in total. The second-order valence-electron chi connectivity index (χ2n) is 6.25. The fourth-order valence-corrected chi connectivity index (χ4v) is 3.51. The van der Waals surface area contributed by atoms with Gasteiger partial charge in [0.2, 0.25) is 0 Å². The van der Waals surface area contributed by atoms with Crippen LogP contribution < -0.4 is 10.5 Å². The van der Waals surface area contributed by atoms with Crippen LogP contribution in [0.15, 0.2) is 41.8 Å².